The summed E-state index contributed by atoms with van der Waals surface area (Å²) < 4.78 is 0. The lowest BCUT2D eigenvalue weighted by molar-refractivity contribution is 1.30. The van der Waals surface area contributed by atoms with Gasteiger partial charge in [-0.25, -0.2) is 0 Å². The third kappa shape index (κ3) is 5.13. The zero-order valence-electron chi connectivity index (χ0n) is 27.0. The molecule has 0 fully saturated rings. The summed E-state index contributed by atoms with van der Waals surface area (Å²) in [7, 11) is 0. The predicted octanol–water partition coefficient (Wildman–Crippen LogP) is 13.6. The van der Waals surface area contributed by atoms with Gasteiger partial charge in [-0.15, -0.1) is 0 Å². The molecule has 0 aliphatic carbocycles. The van der Waals surface area contributed by atoms with Crippen molar-refractivity contribution in [1.82, 2.24) is 0 Å². The smallest absolute Gasteiger partial charge is 0.0546 e. The molecular weight excluding hydrogens is 591 g/mol. The number of anilines is 3. The Hall–Kier alpha value is -6.44. The summed E-state index contributed by atoms with van der Waals surface area (Å²) in [6.07, 6.45) is 0. The molecule has 0 aromatic heterocycles. The normalized spacial score (nSPS) is 11.3. The molecule has 0 unspecified atom stereocenters. The van der Waals surface area contributed by atoms with Gasteiger partial charge in [0.1, 0.15) is 0 Å². The van der Waals surface area contributed by atoms with Gasteiger partial charge in [-0.1, -0.05) is 176 Å². The van der Waals surface area contributed by atoms with E-state index in [2.05, 4.69) is 205 Å². The molecule has 0 N–H and O–H groups in total. The van der Waals surface area contributed by atoms with Gasteiger partial charge in [0.2, 0.25) is 0 Å². The van der Waals surface area contributed by atoms with E-state index in [1.807, 2.05) is 0 Å². The Balaban J connectivity index is 1.38. The monoisotopic (exact) mass is 623 g/mol. The van der Waals surface area contributed by atoms with Crippen molar-refractivity contribution >= 4 is 49.4 Å². The van der Waals surface area contributed by atoms with Crippen molar-refractivity contribution in [3.05, 3.63) is 200 Å². The van der Waals surface area contributed by atoms with Crippen molar-refractivity contribution < 1.29 is 0 Å². The first kappa shape index (κ1) is 28.8. The van der Waals surface area contributed by atoms with Crippen LogP contribution >= 0.6 is 0 Å². The fourth-order valence-corrected chi connectivity index (χ4v) is 7.39. The van der Waals surface area contributed by atoms with Crippen LogP contribution < -0.4 is 4.90 Å². The summed E-state index contributed by atoms with van der Waals surface area (Å²) in [6, 6.07) is 72.6. The molecule has 0 amide bonds. The van der Waals surface area contributed by atoms with E-state index in [4.69, 9.17) is 0 Å². The topological polar surface area (TPSA) is 3.24 Å². The molecular formula is C48H33N. The summed E-state index contributed by atoms with van der Waals surface area (Å²) in [5, 5.41) is 7.41. The van der Waals surface area contributed by atoms with Crippen molar-refractivity contribution in [1.29, 1.82) is 0 Å². The lowest BCUT2D eigenvalue weighted by atomic mass is 9.87. The van der Waals surface area contributed by atoms with E-state index in [-0.39, 0.29) is 0 Å². The van der Waals surface area contributed by atoms with Crippen LogP contribution in [0.3, 0.4) is 0 Å². The lowest BCUT2D eigenvalue weighted by Crippen LogP contribution is -2.12. The van der Waals surface area contributed by atoms with Crippen LogP contribution in [0.15, 0.2) is 200 Å². The van der Waals surface area contributed by atoms with Gasteiger partial charge >= 0.3 is 0 Å². The maximum Gasteiger partial charge on any atom is 0.0546 e. The number of hydrogen-bond donors (Lipinski definition) is 0. The Kier molecular flexibility index (Phi) is 7.22. The third-order valence-electron chi connectivity index (χ3n) is 9.64. The average Bonchev–Trinajstić information content (AvgIpc) is 3.18. The van der Waals surface area contributed by atoms with Crippen molar-refractivity contribution in [3.63, 3.8) is 0 Å². The minimum Gasteiger partial charge on any atom is -0.309 e. The van der Waals surface area contributed by atoms with Crippen LogP contribution in [0, 0.1) is 0 Å². The van der Waals surface area contributed by atoms with Crippen LogP contribution in [0.4, 0.5) is 17.1 Å². The van der Waals surface area contributed by atoms with Crippen molar-refractivity contribution in [2.24, 2.45) is 0 Å². The highest BCUT2D eigenvalue weighted by Crippen LogP contribution is 2.49. The van der Waals surface area contributed by atoms with E-state index < -0.39 is 0 Å². The summed E-state index contributed by atoms with van der Waals surface area (Å²) in [4.78, 5) is 2.47. The van der Waals surface area contributed by atoms with Crippen molar-refractivity contribution in [2.75, 3.05) is 4.90 Å². The molecule has 0 radical (unpaired) electrons. The molecule has 0 atom stereocenters. The molecule has 1 heteroatoms. The molecule has 230 valence electrons. The zero-order chi connectivity index (χ0) is 32.6. The van der Waals surface area contributed by atoms with E-state index in [0.717, 1.165) is 17.1 Å². The minimum atomic E-state index is 1.11. The molecule has 1 nitrogen and oxygen atoms in total. The first-order chi connectivity index (χ1) is 24.3. The predicted molar refractivity (Wildman–Crippen MR) is 210 cm³/mol. The minimum absolute atomic E-state index is 1.11. The number of nitrogens with zero attached hydrogens (tertiary/aromatic N) is 1. The highest BCUT2D eigenvalue weighted by atomic mass is 15.1. The van der Waals surface area contributed by atoms with E-state index in [1.54, 1.807) is 0 Å². The van der Waals surface area contributed by atoms with Gasteiger partial charge in [0.05, 0.1) is 11.4 Å². The number of hydrogen-bond acceptors (Lipinski definition) is 1. The number of fused-ring (bicyclic) bond motifs is 4. The van der Waals surface area contributed by atoms with Gasteiger partial charge in [-0.3, -0.25) is 0 Å². The van der Waals surface area contributed by atoms with Crippen LogP contribution in [0.2, 0.25) is 0 Å². The maximum absolute atomic E-state index is 2.47. The van der Waals surface area contributed by atoms with E-state index in [1.165, 1.54) is 65.7 Å². The van der Waals surface area contributed by atoms with Gasteiger partial charge in [-0.05, 0) is 79.0 Å². The quantitative estimate of drug-likeness (QED) is 0.167. The molecule has 0 saturated carbocycles. The summed E-state index contributed by atoms with van der Waals surface area (Å²) in [6.45, 7) is 0. The third-order valence-corrected chi connectivity index (χ3v) is 9.64. The maximum atomic E-state index is 2.47. The molecule has 0 saturated heterocycles. The number of benzene rings is 9. The van der Waals surface area contributed by atoms with E-state index in [0.29, 0.717) is 0 Å². The SMILES string of the molecule is c1ccc(-c2ccccc2-c2c(-c3ccccc3)cccc2N(c2ccc3c(ccc4ccccc43)c2)c2cccc3ccccc23)cc1. The Bertz CT molecular complexity index is 2600. The molecule has 0 heterocycles. The summed E-state index contributed by atoms with van der Waals surface area (Å²) in [5.41, 5.74) is 10.5. The van der Waals surface area contributed by atoms with Crippen molar-refractivity contribution in [2.45, 2.75) is 0 Å². The fraction of sp³-hybridized carbons (Fsp3) is 0. The van der Waals surface area contributed by atoms with E-state index >= 15 is 0 Å². The van der Waals surface area contributed by atoms with Crippen LogP contribution in [0.25, 0.3) is 65.7 Å². The van der Waals surface area contributed by atoms with Gasteiger partial charge in [0.15, 0.2) is 0 Å². The van der Waals surface area contributed by atoms with Crippen molar-refractivity contribution in [3.8, 4) is 33.4 Å². The Morgan fingerprint density at radius 1 is 0.286 bits per heavy atom. The Morgan fingerprint density at radius 2 is 0.796 bits per heavy atom. The molecule has 9 aromatic rings. The largest absolute Gasteiger partial charge is 0.309 e. The van der Waals surface area contributed by atoms with Crippen LogP contribution in [-0.2, 0) is 0 Å². The highest BCUT2D eigenvalue weighted by Gasteiger charge is 2.24. The second-order valence-electron chi connectivity index (χ2n) is 12.5. The van der Waals surface area contributed by atoms with Crippen LogP contribution in [-0.4, -0.2) is 0 Å². The molecule has 0 spiro atoms. The second kappa shape index (κ2) is 12.3. The molecule has 9 aromatic carbocycles. The van der Waals surface area contributed by atoms with Gasteiger partial charge in [0.25, 0.3) is 0 Å². The van der Waals surface area contributed by atoms with Gasteiger partial charge < -0.3 is 4.90 Å². The molecule has 9 rings (SSSR count). The standard InChI is InChI=1S/C48H33N/c1-3-15-34(16-4-1)41-23-11-12-25-45(41)48-44(36-17-5-2-6-18-36)26-14-28-47(48)49(46-27-13-21-35-19-8-10-24-43(35)46)39-31-32-42-38(33-39)30-29-37-20-7-9-22-40(37)42/h1-33H. The van der Waals surface area contributed by atoms with E-state index in [9.17, 15) is 0 Å². The second-order valence-corrected chi connectivity index (χ2v) is 12.5. The molecule has 49 heavy (non-hydrogen) atoms. The molecule has 0 aliphatic heterocycles. The first-order valence-electron chi connectivity index (χ1n) is 16.9. The lowest BCUT2D eigenvalue weighted by Gasteiger charge is -2.31. The molecule has 0 aliphatic rings. The van der Waals surface area contributed by atoms with Gasteiger partial charge in [0, 0.05) is 16.6 Å². The highest BCUT2D eigenvalue weighted by molar-refractivity contribution is 6.10. The summed E-state index contributed by atoms with van der Waals surface area (Å²) >= 11 is 0. The number of rotatable bonds is 6. The Morgan fingerprint density at radius 3 is 1.57 bits per heavy atom. The zero-order valence-corrected chi connectivity index (χ0v) is 27.0. The van der Waals surface area contributed by atoms with Crippen LogP contribution in [0.5, 0.6) is 0 Å². The first-order valence-corrected chi connectivity index (χ1v) is 16.9. The summed E-state index contributed by atoms with van der Waals surface area (Å²) in [5.74, 6) is 0. The van der Waals surface area contributed by atoms with Gasteiger partial charge in [-0.2, -0.15) is 0 Å². The Labute approximate surface area is 287 Å². The molecule has 0 bridgehead atoms. The fourth-order valence-electron chi connectivity index (χ4n) is 7.39. The average molecular weight is 624 g/mol. The van der Waals surface area contributed by atoms with Crippen LogP contribution in [0.1, 0.15) is 0 Å².